The number of hydrogen-bond acceptors (Lipinski definition) is 7. The normalized spacial score (nSPS) is 17.7. The van der Waals surface area contributed by atoms with Crippen LogP contribution in [0.1, 0.15) is 50.3 Å². The first-order chi connectivity index (χ1) is 18.1. The Bertz CT molecular complexity index is 1350. The Morgan fingerprint density at radius 3 is 2.24 bits per heavy atom. The highest BCUT2D eigenvalue weighted by molar-refractivity contribution is 6.56. The van der Waals surface area contributed by atoms with Crippen molar-refractivity contribution in [1.82, 2.24) is 15.3 Å². The van der Waals surface area contributed by atoms with Crippen LogP contribution in [0.5, 0.6) is 0 Å². The van der Waals surface area contributed by atoms with E-state index in [1.807, 2.05) is 52.0 Å². The number of carbonyl (C=O) groups is 1. The minimum atomic E-state index is -0.720. The number of benzene rings is 2. The lowest BCUT2D eigenvalue weighted by molar-refractivity contribution is 0.00578. The lowest BCUT2D eigenvalue weighted by Gasteiger charge is -2.32. The molecule has 10 heteroatoms. The van der Waals surface area contributed by atoms with Crippen LogP contribution in [0.3, 0.4) is 0 Å². The van der Waals surface area contributed by atoms with Crippen molar-refractivity contribution in [2.24, 2.45) is 0 Å². The molecule has 1 amide bonds. The van der Waals surface area contributed by atoms with Crippen LogP contribution < -0.4 is 11.1 Å². The number of fused-ring (bicyclic) bond motifs is 3. The highest BCUT2D eigenvalue weighted by Crippen LogP contribution is 2.44. The number of nitrogens with one attached hydrogen (secondary N) is 1. The summed E-state index contributed by atoms with van der Waals surface area (Å²) in [5, 5.41) is 3.03. The van der Waals surface area contributed by atoms with Gasteiger partial charge in [0, 0.05) is 24.2 Å². The van der Waals surface area contributed by atoms with Crippen LogP contribution in [0.2, 0.25) is 5.15 Å². The summed E-state index contributed by atoms with van der Waals surface area (Å²) in [5.41, 5.74) is 10.3. The van der Waals surface area contributed by atoms with Gasteiger partial charge in [-0.15, -0.1) is 0 Å². The number of nitrogens with two attached hydrogens (primary N) is 1. The molecule has 1 fully saturated rings. The first-order valence-corrected chi connectivity index (χ1v) is 12.9. The molecule has 0 atom stereocenters. The Kier molecular flexibility index (Phi) is 6.94. The number of hydrogen-bond donors (Lipinski definition) is 2. The molecule has 3 N–H and O–H groups in total. The summed E-state index contributed by atoms with van der Waals surface area (Å²) in [7, 11) is -0.720. The molecule has 1 saturated heterocycles. The van der Waals surface area contributed by atoms with E-state index in [0.717, 1.165) is 11.1 Å². The number of rotatable bonds is 6. The molecule has 0 radical (unpaired) electrons. The third-order valence-electron chi connectivity index (χ3n) is 7.46. The van der Waals surface area contributed by atoms with E-state index in [0.29, 0.717) is 11.0 Å². The monoisotopic (exact) mass is 532 g/mol. The molecule has 2 aliphatic rings. The maximum atomic E-state index is 12.9. The van der Waals surface area contributed by atoms with Gasteiger partial charge in [0.25, 0.3) is 0 Å². The standard InChI is InChI=1S/C28H30BClN4O4/c1-27(2)28(3,4)38-29(37-27)18(13-17-14-32-25(31)34-24(17)30)15-33-26(35)36-16-23-21-11-7-5-9-19(21)20-10-6-8-12-22(20)23/h5-14,23H,15-16H2,1-4H3,(H,33,35)(H2,31,32,34). The quantitative estimate of drug-likeness (QED) is 0.329. The zero-order valence-electron chi connectivity index (χ0n) is 21.8. The molecule has 0 spiro atoms. The van der Waals surface area contributed by atoms with Crippen LogP contribution in [0.15, 0.2) is 60.2 Å². The summed E-state index contributed by atoms with van der Waals surface area (Å²) in [4.78, 5) is 20.9. The van der Waals surface area contributed by atoms with Gasteiger partial charge in [-0.1, -0.05) is 66.2 Å². The molecule has 1 aliphatic carbocycles. The van der Waals surface area contributed by atoms with E-state index in [1.54, 1.807) is 6.08 Å². The van der Waals surface area contributed by atoms with Gasteiger partial charge >= 0.3 is 13.2 Å². The molecular formula is C28H30BClN4O4. The van der Waals surface area contributed by atoms with Gasteiger partial charge in [-0.05, 0) is 55.4 Å². The molecule has 5 rings (SSSR count). The van der Waals surface area contributed by atoms with Gasteiger partial charge < -0.3 is 25.1 Å². The second-order valence-corrected chi connectivity index (χ2v) is 10.8. The summed E-state index contributed by atoms with van der Waals surface area (Å²) in [5.74, 6) is 0.0399. The van der Waals surface area contributed by atoms with Crippen molar-refractivity contribution in [2.45, 2.75) is 44.8 Å². The van der Waals surface area contributed by atoms with Crippen molar-refractivity contribution in [2.75, 3.05) is 18.9 Å². The van der Waals surface area contributed by atoms with E-state index < -0.39 is 24.4 Å². The van der Waals surface area contributed by atoms with Crippen molar-refractivity contribution in [3.05, 3.63) is 82.0 Å². The zero-order valence-corrected chi connectivity index (χ0v) is 22.6. The van der Waals surface area contributed by atoms with E-state index in [9.17, 15) is 4.79 Å². The number of amides is 1. The van der Waals surface area contributed by atoms with Gasteiger partial charge in [0.2, 0.25) is 5.95 Å². The van der Waals surface area contributed by atoms with E-state index in [1.165, 1.54) is 17.3 Å². The molecular weight excluding hydrogens is 503 g/mol. The van der Waals surface area contributed by atoms with Crippen LogP contribution in [0.4, 0.5) is 10.7 Å². The highest BCUT2D eigenvalue weighted by atomic mass is 35.5. The number of carbonyl (C=O) groups excluding carboxylic acids is 1. The Balaban J connectivity index is 1.31. The summed E-state index contributed by atoms with van der Waals surface area (Å²) in [6.07, 6.45) is 2.71. The number of alkyl carbamates (subject to hydrolysis) is 1. The SMILES string of the molecule is CC1(C)OB(C(=Cc2cnc(N)nc2Cl)CNC(=O)OCC2c3ccccc3-c3ccccc32)OC1(C)C. The Morgan fingerprint density at radius 2 is 1.66 bits per heavy atom. The van der Waals surface area contributed by atoms with Crippen molar-refractivity contribution in [1.29, 1.82) is 0 Å². The fourth-order valence-electron chi connectivity index (χ4n) is 4.70. The molecule has 0 saturated carbocycles. The predicted octanol–water partition coefficient (Wildman–Crippen LogP) is 5.27. The van der Waals surface area contributed by atoms with Crippen LogP contribution in [-0.4, -0.2) is 47.5 Å². The molecule has 38 heavy (non-hydrogen) atoms. The van der Waals surface area contributed by atoms with Crippen molar-refractivity contribution in [3.8, 4) is 11.1 Å². The number of aromatic nitrogens is 2. The van der Waals surface area contributed by atoms with Gasteiger partial charge in [-0.3, -0.25) is 0 Å². The fraction of sp³-hybridized carbons (Fsp3) is 0.321. The fourth-order valence-corrected chi connectivity index (χ4v) is 4.89. The van der Waals surface area contributed by atoms with Crippen LogP contribution >= 0.6 is 11.6 Å². The first-order valence-electron chi connectivity index (χ1n) is 12.5. The molecule has 2 heterocycles. The van der Waals surface area contributed by atoms with Gasteiger partial charge in [-0.25, -0.2) is 14.8 Å². The minimum Gasteiger partial charge on any atom is -0.449 e. The largest absolute Gasteiger partial charge is 0.492 e. The number of anilines is 1. The average Bonchev–Trinajstić information content (AvgIpc) is 3.30. The third kappa shape index (κ3) is 5.01. The molecule has 8 nitrogen and oxygen atoms in total. The Morgan fingerprint density at radius 1 is 1.08 bits per heavy atom. The Hall–Kier alpha value is -3.40. The summed E-state index contributed by atoms with van der Waals surface area (Å²) < 4.78 is 18.1. The lowest BCUT2D eigenvalue weighted by Crippen LogP contribution is -2.41. The van der Waals surface area contributed by atoms with E-state index in [2.05, 4.69) is 39.6 Å². The third-order valence-corrected chi connectivity index (χ3v) is 7.77. The van der Waals surface area contributed by atoms with Crippen molar-refractivity contribution >= 4 is 36.8 Å². The molecule has 0 bridgehead atoms. The Labute approximate surface area is 227 Å². The average molecular weight is 533 g/mol. The maximum Gasteiger partial charge on any atom is 0.492 e. The van der Waals surface area contributed by atoms with Gasteiger partial charge in [-0.2, -0.15) is 0 Å². The minimum absolute atomic E-state index is 0.0306. The predicted molar refractivity (Wildman–Crippen MR) is 149 cm³/mol. The van der Waals surface area contributed by atoms with Crippen LogP contribution in [-0.2, 0) is 14.0 Å². The van der Waals surface area contributed by atoms with Crippen molar-refractivity contribution < 1.29 is 18.8 Å². The maximum absolute atomic E-state index is 12.9. The molecule has 3 aromatic rings. The summed E-state index contributed by atoms with van der Waals surface area (Å²) in [6, 6.07) is 16.4. The summed E-state index contributed by atoms with van der Waals surface area (Å²) >= 11 is 6.29. The molecule has 0 unspecified atom stereocenters. The summed E-state index contributed by atoms with van der Waals surface area (Å²) in [6.45, 7) is 8.17. The first kappa shape index (κ1) is 26.2. The van der Waals surface area contributed by atoms with Gasteiger partial charge in [0.05, 0.1) is 11.2 Å². The molecule has 196 valence electrons. The van der Waals surface area contributed by atoms with Crippen LogP contribution in [0, 0.1) is 0 Å². The van der Waals surface area contributed by atoms with Gasteiger partial charge in [0.15, 0.2) is 0 Å². The molecule has 1 aromatic heterocycles. The van der Waals surface area contributed by atoms with E-state index >= 15 is 0 Å². The van der Waals surface area contributed by atoms with Crippen LogP contribution in [0.25, 0.3) is 17.2 Å². The van der Waals surface area contributed by atoms with E-state index in [-0.39, 0.29) is 30.2 Å². The second-order valence-electron chi connectivity index (χ2n) is 10.5. The number of halogens is 1. The topological polar surface area (TPSA) is 109 Å². The lowest BCUT2D eigenvalue weighted by atomic mass is 9.77. The molecule has 2 aromatic carbocycles. The van der Waals surface area contributed by atoms with Gasteiger partial charge in [0.1, 0.15) is 11.8 Å². The number of nitrogens with zero attached hydrogens (tertiary/aromatic N) is 2. The number of nitrogen functional groups attached to an aromatic ring is 1. The zero-order chi connectivity index (χ0) is 27.1. The van der Waals surface area contributed by atoms with E-state index in [4.69, 9.17) is 31.4 Å². The molecule has 1 aliphatic heterocycles. The highest BCUT2D eigenvalue weighted by Gasteiger charge is 2.52. The smallest absolute Gasteiger partial charge is 0.449 e. The number of ether oxygens (including phenoxy) is 1. The van der Waals surface area contributed by atoms with Crippen molar-refractivity contribution in [3.63, 3.8) is 0 Å². The second kappa shape index (κ2) is 10.1.